The Morgan fingerprint density at radius 3 is 3.00 bits per heavy atom. The lowest BCUT2D eigenvalue weighted by Crippen LogP contribution is -2.17. The van der Waals surface area contributed by atoms with Crippen LogP contribution in [0.25, 0.3) is 0 Å². The molecule has 3 heterocycles. The van der Waals surface area contributed by atoms with Gasteiger partial charge in [-0.15, -0.1) is 0 Å². The van der Waals surface area contributed by atoms with Crippen LogP contribution < -0.4 is 10.1 Å². The van der Waals surface area contributed by atoms with E-state index in [0.29, 0.717) is 36.2 Å². The van der Waals surface area contributed by atoms with E-state index in [2.05, 4.69) is 15.5 Å². The summed E-state index contributed by atoms with van der Waals surface area (Å²) in [6, 6.07) is 4.96. The molecule has 1 amide bonds. The molecule has 0 bridgehead atoms. The van der Waals surface area contributed by atoms with Crippen LogP contribution in [0.1, 0.15) is 22.5 Å². The van der Waals surface area contributed by atoms with Gasteiger partial charge in [-0.3, -0.25) is 4.79 Å². The van der Waals surface area contributed by atoms with Gasteiger partial charge in [-0.2, -0.15) is 0 Å². The highest BCUT2D eigenvalue weighted by Gasteiger charge is 2.18. The smallest absolute Gasteiger partial charge is 0.258 e. The number of ether oxygens (including phenoxy) is 2. The highest BCUT2D eigenvalue weighted by molar-refractivity contribution is 6.03. The van der Waals surface area contributed by atoms with E-state index in [1.807, 2.05) is 0 Å². The predicted octanol–water partition coefficient (Wildman–Crippen LogP) is 1.80. The molecule has 1 aliphatic rings. The van der Waals surface area contributed by atoms with Crippen molar-refractivity contribution in [1.82, 2.24) is 10.1 Å². The Balaban J connectivity index is 1.61. The second-order valence-corrected chi connectivity index (χ2v) is 4.77. The second kappa shape index (κ2) is 5.92. The topological polar surface area (TPSA) is 86.5 Å². The molecule has 1 atom stereocenters. The highest BCUT2D eigenvalue weighted by Crippen LogP contribution is 2.15. The molecule has 0 saturated carbocycles. The van der Waals surface area contributed by atoms with Gasteiger partial charge in [0.1, 0.15) is 11.9 Å². The molecule has 0 aromatic carbocycles. The Labute approximate surface area is 121 Å². The van der Waals surface area contributed by atoms with E-state index in [4.69, 9.17) is 14.0 Å². The zero-order valence-electron chi connectivity index (χ0n) is 11.5. The fourth-order valence-electron chi connectivity index (χ4n) is 1.97. The zero-order valence-corrected chi connectivity index (χ0v) is 11.5. The average Bonchev–Trinajstić information content (AvgIpc) is 3.12. The van der Waals surface area contributed by atoms with Crippen LogP contribution in [0.3, 0.4) is 0 Å². The molecular weight excluding hydrogens is 274 g/mol. The lowest BCUT2D eigenvalue weighted by atomic mass is 10.2. The molecule has 1 saturated heterocycles. The number of hydrogen-bond acceptors (Lipinski definition) is 6. The number of pyridine rings is 1. The molecule has 0 unspecified atom stereocenters. The Morgan fingerprint density at radius 2 is 2.38 bits per heavy atom. The van der Waals surface area contributed by atoms with Gasteiger partial charge < -0.3 is 19.3 Å². The van der Waals surface area contributed by atoms with Crippen molar-refractivity contribution in [2.24, 2.45) is 0 Å². The third-order valence-corrected chi connectivity index (χ3v) is 3.04. The molecule has 2 aromatic heterocycles. The lowest BCUT2D eigenvalue weighted by Gasteiger charge is -2.10. The second-order valence-electron chi connectivity index (χ2n) is 4.77. The van der Waals surface area contributed by atoms with Crippen LogP contribution in [0.2, 0.25) is 0 Å². The first kappa shape index (κ1) is 13.6. The van der Waals surface area contributed by atoms with Gasteiger partial charge in [0.05, 0.1) is 18.8 Å². The molecule has 3 rings (SSSR count). The number of nitrogens with one attached hydrogen (secondary N) is 1. The number of aromatic nitrogens is 2. The van der Waals surface area contributed by atoms with Crippen molar-refractivity contribution in [3.63, 3.8) is 0 Å². The maximum Gasteiger partial charge on any atom is 0.258 e. The molecule has 21 heavy (non-hydrogen) atoms. The summed E-state index contributed by atoms with van der Waals surface area (Å²) in [6.07, 6.45) is 2.36. The van der Waals surface area contributed by atoms with Crippen molar-refractivity contribution >= 4 is 11.7 Å². The number of rotatable bonds is 4. The van der Waals surface area contributed by atoms with E-state index < -0.39 is 0 Å². The Bertz CT molecular complexity index is 617. The van der Waals surface area contributed by atoms with Crippen molar-refractivity contribution in [3.05, 3.63) is 35.7 Å². The standard InChI is InChI=1S/C14H15N3O4/c1-9-6-12(17-21-9)16-14(18)10-2-3-13(15-7-10)20-11-4-5-19-8-11/h2-3,6-7,11H,4-5,8H2,1H3,(H,16,17,18)/t11-/m1/s1. The summed E-state index contributed by atoms with van der Waals surface area (Å²) in [7, 11) is 0. The van der Waals surface area contributed by atoms with Crippen molar-refractivity contribution in [1.29, 1.82) is 0 Å². The molecule has 1 fully saturated rings. The third-order valence-electron chi connectivity index (χ3n) is 3.04. The predicted molar refractivity (Wildman–Crippen MR) is 73.3 cm³/mol. The number of carbonyl (C=O) groups excluding carboxylic acids is 1. The molecule has 0 radical (unpaired) electrons. The number of hydrogen-bond donors (Lipinski definition) is 1. The Kier molecular flexibility index (Phi) is 3.83. The van der Waals surface area contributed by atoms with Crippen LogP contribution in [0.15, 0.2) is 28.9 Å². The van der Waals surface area contributed by atoms with E-state index >= 15 is 0 Å². The molecule has 1 N–H and O–H groups in total. The van der Waals surface area contributed by atoms with E-state index in [-0.39, 0.29) is 12.0 Å². The molecule has 0 aliphatic carbocycles. The van der Waals surface area contributed by atoms with Crippen molar-refractivity contribution in [2.75, 3.05) is 18.5 Å². The number of anilines is 1. The first-order valence-corrected chi connectivity index (χ1v) is 6.66. The van der Waals surface area contributed by atoms with E-state index in [9.17, 15) is 4.79 Å². The SMILES string of the molecule is Cc1cc(NC(=O)c2ccc(O[C@@H]3CCOC3)nc2)no1. The van der Waals surface area contributed by atoms with Crippen LogP contribution in [-0.4, -0.2) is 35.4 Å². The van der Waals surface area contributed by atoms with Gasteiger partial charge in [0.2, 0.25) is 5.88 Å². The molecule has 7 nitrogen and oxygen atoms in total. The van der Waals surface area contributed by atoms with Crippen LogP contribution >= 0.6 is 0 Å². The van der Waals surface area contributed by atoms with Crippen LogP contribution in [-0.2, 0) is 4.74 Å². The summed E-state index contributed by atoms with van der Waals surface area (Å²) in [5.74, 6) is 1.19. The van der Waals surface area contributed by atoms with Crippen molar-refractivity contribution < 1.29 is 18.8 Å². The summed E-state index contributed by atoms with van der Waals surface area (Å²) < 4.78 is 15.7. The monoisotopic (exact) mass is 289 g/mol. The molecule has 7 heteroatoms. The minimum atomic E-state index is -0.299. The Morgan fingerprint density at radius 1 is 1.48 bits per heavy atom. The minimum Gasteiger partial charge on any atom is -0.472 e. The summed E-state index contributed by atoms with van der Waals surface area (Å²) >= 11 is 0. The summed E-state index contributed by atoms with van der Waals surface area (Å²) in [4.78, 5) is 16.1. The number of carbonyl (C=O) groups is 1. The highest BCUT2D eigenvalue weighted by atomic mass is 16.5. The molecule has 1 aliphatic heterocycles. The van der Waals surface area contributed by atoms with Gasteiger partial charge in [0, 0.05) is 24.8 Å². The fourth-order valence-corrected chi connectivity index (χ4v) is 1.97. The maximum absolute atomic E-state index is 12.0. The van der Waals surface area contributed by atoms with Crippen LogP contribution in [0.4, 0.5) is 5.82 Å². The van der Waals surface area contributed by atoms with Crippen LogP contribution in [0, 0.1) is 6.92 Å². The zero-order chi connectivity index (χ0) is 14.7. The summed E-state index contributed by atoms with van der Waals surface area (Å²) in [5.41, 5.74) is 0.422. The lowest BCUT2D eigenvalue weighted by molar-refractivity contribution is 0.102. The van der Waals surface area contributed by atoms with E-state index in [1.165, 1.54) is 6.20 Å². The molecule has 110 valence electrons. The maximum atomic E-state index is 12.0. The normalized spacial score (nSPS) is 17.7. The quantitative estimate of drug-likeness (QED) is 0.923. The van der Waals surface area contributed by atoms with Gasteiger partial charge >= 0.3 is 0 Å². The first-order valence-electron chi connectivity index (χ1n) is 6.66. The largest absolute Gasteiger partial charge is 0.472 e. The van der Waals surface area contributed by atoms with Gasteiger partial charge in [0.15, 0.2) is 5.82 Å². The van der Waals surface area contributed by atoms with Crippen LogP contribution in [0.5, 0.6) is 5.88 Å². The van der Waals surface area contributed by atoms with Gasteiger partial charge in [-0.1, -0.05) is 5.16 Å². The van der Waals surface area contributed by atoms with Gasteiger partial charge in [0.25, 0.3) is 5.91 Å². The third kappa shape index (κ3) is 3.38. The summed E-state index contributed by atoms with van der Waals surface area (Å²) in [5, 5.41) is 6.33. The van der Waals surface area contributed by atoms with E-state index in [1.54, 1.807) is 25.1 Å². The minimum absolute atomic E-state index is 0.0373. The molecular formula is C14H15N3O4. The number of nitrogens with zero attached hydrogens (tertiary/aromatic N) is 2. The van der Waals surface area contributed by atoms with Gasteiger partial charge in [-0.05, 0) is 13.0 Å². The molecule has 0 spiro atoms. The number of aryl methyl sites for hydroxylation is 1. The Hall–Kier alpha value is -2.41. The fraction of sp³-hybridized carbons (Fsp3) is 0.357. The summed E-state index contributed by atoms with van der Waals surface area (Å²) in [6.45, 7) is 3.04. The van der Waals surface area contributed by atoms with Crippen molar-refractivity contribution in [2.45, 2.75) is 19.4 Å². The number of amides is 1. The first-order chi connectivity index (χ1) is 10.2. The molecule has 2 aromatic rings. The van der Waals surface area contributed by atoms with Gasteiger partial charge in [-0.25, -0.2) is 4.98 Å². The van der Waals surface area contributed by atoms with E-state index in [0.717, 1.165) is 6.42 Å². The van der Waals surface area contributed by atoms with Crippen molar-refractivity contribution in [3.8, 4) is 5.88 Å². The average molecular weight is 289 g/mol.